The summed E-state index contributed by atoms with van der Waals surface area (Å²) in [5, 5.41) is 1.90. The third kappa shape index (κ3) is 2.00. The zero-order valence-corrected chi connectivity index (χ0v) is 9.38. The Morgan fingerprint density at radius 1 is 1.33 bits per heavy atom. The predicted octanol–water partition coefficient (Wildman–Crippen LogP) is 3.79. The van der Waals surface area contributed by atoms with Gasteiger partial charge in [-0.1, -0.05) is 31.2 Å². The third-order valence-electron chi connectivity index (χ3n) is 2.42. The molecule has 0 amide bonds. The summed E-state index contributed by atoms with van der Waals surface area (Å²) in [7, 11) is 0. The van der Waals surface area contributed by atoms with E-state index in [9.17, 15) is 4.79 Å². The largest absolute Gasteiger partial charge is 0.298 e. The highest BCUT2D eigenvalue weighted by Crippen LogP contribution is 2.29. The van der Waals surface area contributed by atoms with Crippen LogP contribution in [0.15, 0.2) is 35.7 Å². The van der Waals surface area contributed by atoms with Crippen molar-refractivity contribution < 1.29 is 4.79 Å². The number of aldehydes is 1. The van der Waals surface area contributed by atoms with Gasteiger partial charge in [0.15, 0.2) is 6.29 Å². The summed E-state index contributed by atoms with van der Waals surface area (Å²) in [4.78, 5) is 11.8. The molecule has 1 aromatic heterocycles. The molecule has 0 aliphatic heterocycles. The summed E-state index contributed by atoms with van der Waals surface area (Å²) < 4.78 is 0. The molecule has 0 unspecified atom stereocenters. The molecule has 0 N–H and O–H groups in total. The van der Waals surface area contributed by atoms with E-state index in [1.165, 1.54) is 16.0 Å². The average Bonchev–Trinajstić information content (AvgIpc) is 2.77. The summed E-state index contributed by atoms with van der Waals surface area (Å²) >= 11 is 1.63. The van der Waals surface area contributed by atoms with Crippen molar-refractivity contribution in [3.63, 3.8) is 0 Å². The number of benzene rings is 1. The maximum absolute atomic E-state index is 10.6. The molecule has 0 aliphatic carbocycles. The van der Waals surface area contributed by atoms with E-state index in [0.717, 1.165) is 18.3 Å². The van der Waals surface area contributed by atoms with E-state index in [1.54, 1.807) is 11.3 Å². The van der Waals surface area contributed by atoms with Gasteiger partial charge in [0.05, 0.1) is 0 Å². The fraction of sp³-hybridized carbons (Fsp3) is 0.154. The van der Waals surface area contributed by atoms with E-state index in [2.05, 4.69) is 25.1 Å². The maximum Gasteiger partial charge on any atom is 0.150 e. The standard InChI is InChI=1S/C13H12OS/c1-2-11-5-3-4-6-12(11)13-7-10(8-14)9-15-13/h3-9H,2H2,1H3. The summed E-state index contributed by atoms with van der Waals surface area (Å²) in [6.07, 6.45) is 1.92. The normalized spacial score (nSPS) is 10.2. The van der Waals surface area contributed by atoms with Crippen LogP contribution in [0.25, 0.3) is 10.4 Å². The first-order valence-electron chi connectivity index (χ1n) is 4.97. The lowest BCUT2D eigenvalue weighted by molar-refractivity contribution is 0.112. The third-order valence-corrected chi connectivity index (χ3v) is 3.40. The summed E-state index contributed by atoms with van der Waals surface area (Å²) in [5.74, 6) is 0. The smallest absolute Gasteiger partial charge is 0.150 e. The highest BCUT2D eigenvalue weighted by molar-refractivity contribution is 7.13. The van der Waals surface area contributed by atoms with Crippen LogP contribution in [0.1, 0.15) is 22.8 Å². The minimum absolute atomic E-state index is 0.765. The molecule has 1 aromatic carbocycles. The number of hydrogen-bond acceptors (Lipinski definition) is 2. The molecule has 0 spiro atoms. The number of thiophene rings is 1. The molecule has 76 valence electrons. The predicted molar refractivity (Wildman–Crippen MR) is 64.5 cm³/mol. The Morgan fingerprint density at radius 2 is 2.13 bits per heavy atom. The monoisotopic (exact) mass is 216 g/mol. The number of carbonyl (C=O) groups excluding carboxylic acids is 1. The van der Waals surface area contributed by atoms with Crippen LogP contribution in [0.5, 0.6) is 0 Å². The fourth-order valence-electron chi connectivity index (χ4n) is 1.62. The molecule has 0 saturated heterocycles. The van der Waals surface area contributed by atoms with Crippen molar-refractivity contribution in [2.24, 2.45) is 0 Å². The van der Waals surface area contributed by atoms with Gasteiger partial charge in [0.2, 0.25) is 0 Å². The molecule has 0 atom stereocenters. The Labute approximate surface area is 93.4 Å². The highest BCUT2D eigenvalue weighted by Gasteiger charge is 2.05. The molecule has 1 heterocycles. The Hall–Kier alpha value is -1.41. The zero-order valence-electron chi connectivity index (χ0n) is 8.57. The van der Waals surface area contributed by atoms with Gasteiger partial charge in [-0.2, -0.15) is 0 Å². The molecular weight excluding hydrogens is 204 g/mol. The van der Waals surface area contributed by atoms with Crippen LogP contribution in [0.2, 0.25) is 0 Å². The van der Waals surface area contributed by atoms with Crippen molar-refractivity contribution >= 4 is 17.6 Å². The van der Waals surface area contributed by atoms with Crippen molar-refractivity contribution in [1.29, 1.82) is 0 Å². The van der Waals surface area contributed by atoms with Crippen molar-refractivity contribution in [2.75, 3.05) is 0 Å². The van der Waals surface area contributed by atoms with Gasteiger partial charge in [0, 0.05) is 15.8 Å². The van der Waals surface area contributed by atoms with E-state index < -0.39 is 0 Å². The molecule has 15 heavy (non-hydrogen) atoms. The quantitative estimate of drug-likeness (QED) is 0.713. The zero-order chi connectivity index (χ0) is 10.7. The SMILES string of the molecule is CCc1ccccc1-c1cc(C=O)cs1. The topological polar surface area (TPSA) is 17.1 Å². The van der Waals surface area contributed by atoms with Gasteiger partial charge in [-0.3, -0.25) is 4.79 Å². The van der Waals surface area contributed by atoms with Gasteiger partial charge in [-0.15, -0.1) is 11.3 Å². The van der Waals surface area contributed by atoms with E-state index in [1.807, 2.05) is 17.5 Å². The molecule has 2 rings (SSSR count). The van der Waals surface area contributed by atoms with Gasteiger partial charge in [0.1, 0.15) is 0 Å². The number of hydrogen-bond donors (Lipinski definition) is 0. The number of rotatable bonds is 3. The Kier molecular flexibility index (Phi) is 2.97. The van der Waals surface area contributed by atoms with E-state index in [0.29, 0.717) is 0 Å². The molecule has 2 heteroatoms. The molecule has 2 aromatic rings. The Bertz CT molecular complexity index is 471. The Balaban J connectivity index is 2.48. The first-order chi connectivity index (χ1) is 7.35. The van der Waals surface area contributed by atoms with Crippen LogP contribution < -0.4 is 0 Å². The second kappa shape index (κ2) is 4.41. The molecule has 0 fully saturated rings. The summed E-state index contributed by atoms with van der Waals surface area (Å²) in [6, 6.07) is 10.3. The lowest BCUT2D eigenvalue weighted by atomic mass is 10.0. The van der Waals surface area contributed by atoms with Gasteiger partial charge >= 0.3 is 0 Å². The second-order valence-electron chi connectivity index (χ2n) is 3.37. The highest BCUT2D eigenvalue weighted by atomic mass is 32.1. The van der Waals surface area contributed by atoms with E-state index in [4.69, 9.17) is 0 Å². The first kappa shape index (κ1) is 10.1. The Morgan fingerprint density at radius 3 is 2.80 bits per heavy atom. The lowest BCUT2D eigenvalue weighted by Crippen LogP contribution is -1.84. The molecule has 0 saturated carbocycles. The van der Waals surface area contributed by atoms with Crippen LogP contribution in [-0.4, -0.2) is 6.29 Å². The minimum atomic E-state index is 0.765. The number of aryl methyl sites for hydroxylation is 1. The number of carbonyl (C=O) groups is 1. The van der Waals surface area contributed by atoms with Gasteiger partial charge in [-0.05, 0) is 23.6 Å². The fourth-order valence-corrected chi connectivity index (χ4v) is 2.54. The van der Waals surface area contributed by atoms with Gasteiger partial charge < -0.3 is 0 Å². The van der Waals surface area contributed by atoms with Crippen molar-refractivity contribution in [3.8, 4) is 10.4 Å². The average molecular weight is 216 g/mol. The summed E-state index contributed by atoms with van der Waals surface area (Å²) in [5.41, 5.74) is 3.34. The molecule has 0 bridgehead atoms. The first-order valence-corrected chi connectivity index (χ1v) is 5.85. The molecule has 0 radical (unpaired) electrons. The van der Waals surface area contributed by atoms with Crippen LogP contribution in [0.4, 0.5) is 0 Å². The molecule has 1 nitrogen and oxygen atoms in total. The molecular formula is C13H12OS. The van der Waals surface area contributed by atoms with Crippen LogP contribution >= 0.6 is 11.3 Å². The maximum atomic E-state index is 10.6. The van der Waals surface area contributed by atoms with E-state index >= 15 is 0 Å². The van der Waals surface area contributed by atoms with Crippen molar-refractivity contribution in [1.82, 2.24) is 0 Å². The van der Waals surface area contributed by atoms with Crippen LogP contribution in [0.3, 0.4) is 0 Å². The van der Waals surface area contributed by atoms with E-state index in [-0.39, 0.29) is 0 Å². The van der Waals surface area contributed by atoms with Crippen molar-refractivity contribution in [2.45, 2.75) is 13.3 Å². The van der Waals surface area contributed by atoms with Gasteiger partial charge in [-0.25, -0.2) is 0 Å². The van der Waals surface area contributed by atoms with Crippen LogP contribution in [-0.2, 0) is 6.42 Å². The lowest BCUT2D eigenvalue weighted by Gasteiger charge is -2.04. The van der Waals surface area contributed by atoms with Crippen LogP contribution in [0, 0.1) is 0 Å². The minimum Gasteiger partial charge on any atom is -0.298 e. The second-order valence-corrected chi connectivity index (χ2v) is 4.28. The van der Waals surface area contributed by atoms with Gasteiger partial charge in [0.25, 0.3) is 0 Å². The summed E-state index contributed by atoms with van der Waals surface area (Å²) in [6.45, 7) is 2.15. The van der Waals surface area contributed by atoms with Crippen molar-refractivity contribution in [3.05, 3.63) is 46.8 Å². The molecule has 0 aliphatic rings.